The Bertz CT molecular complexity index is 3180. The number of rotatable bonds is 22. The Hall–Kier alpha value is -6.43. The molecule has 0 N–H and O–H groups in total. The molecular weight excluding hydrogens is 944 g/mol. The Morgan fingerprint density at radius 3 is 1.84 bits per heavy atom. The van der Waals surface area contributed by atoms with Gasteiger partial charge in [0, 0.05) is 59.6 Å². The van der Waals surface area contributed by atoms with Gasteiger partial charge in [-0.3, -0.25) is 0 Å². The summed E-state index contributed by atoms with van der Waals surface area (Å²) in [6.07, 6.45) is 8.94. The van der Waals surface area contributed by atoms with Crippen LogP contribution in [0.5, 0.6) is 5.75 Å². The van der Waals surface area contributed by atoms with Crippen molar-refractivity contribution in [1.82, 2.24) is 4.67 Å². The van der Waals surface area contributed by atoms with E-state index in [-0.39, 0.29) is 22.9 Å². The van der Waals surface area contributed by atoms with Gasteiger partial charge in [0.2, 0.25) is 5.69 Å². The molecule has 0 radical (unpaired) electrons. The Morgan fingerprint density at radius 2 is 1.23 bits per heavy atom. The number of nitriles is 1. The van der Waals surface area contributed by atoms with Gasteiger partial charge in [-0.05, 0) is 122 Å². The Morgan fingerprint density at radius 1 is 0.653 bits per heavy atom. The monoisotopic (exact) mass is 1020 g/mol. The SMILES string of the molecule is COc1ccc(C(OCCCN2/C(=C\C=C\C3=[N+](CCCOP(OCCC#N)N(C(C)C)C(C)C)c4ccc5ccccc5c4C3(C)C)C(C)(C)c3c2ccc2ccccc32)(c2ccccc2)c2ccccc2)cc1. The van der Waals surface area contributed by atoms with Gasteiger partial charge in [0.25, 0.3) is 8.53 Å². The predicted octanol–water partition coefficient (Wildman–Crippen LogP) is 15.7. The maximum atomic E-state index is 9.30. The van der Waals surface area contributed by atoms with E-state index in [2.05, 4.69) is 239 Å². The van der Waals surface area contributed by atoms with Crippen molar-refractivity contribution in [2.75, 3.05) is 44.9 Å². The van der Waals surface area contributed by atoms with Crippen LogP contribution in [-0.2, 0) is 30.2 Å². The summed E-state index contributed by atoms with van der Waals surface area (Å²) < 4.78 is 30.7. The van der Waals surface area contributed by atoms with Crippen LogP contribution in [0.1, 0.15) is 102 Å². The van der Waals surface area contributed by atoms with E-state index < -0.39 is 14.1 Å². The first-order valence-electron chi connectivity index (χ1n) is 26.8. The number of anilines is 1. The zero-order valence-electron chi connectivity index (χ0n) is 45.4. The molecule has 0 amide bonds. The van der Waals surface area contributed by atoms with Crippen LogP contribution in [0, 0.1) is 11.3 Å². The van der Waals surface area contributed by atoms with E-state index in [4.69, 9.17) is 18.5 Å². The van der Waals surface area contributed by atoms with Crippen molar-refractivity contribution < 1.29 is 23.1 Å². The molecular formula is C66H74N4O4P+. The van der Waals surface area contributed by atoms with Crippen molar-refractivity contribution in [3.8, 4) is 11.8 Å². The van der Waals surface area contributed by atoms with Crippen molar-refractivity contribution in [3.05, 3.63) is 209 Å². The minimum Gasteiger partial charge on any atom is -0.497 e. The lowest BCUT2D eigenvalue weighted by atomic mass is 9.79. The smallest absolute Gasteiger partial charge is 0.259 e. The van der Waals surface area contributed by atoms with E-state index in [9.17, 15) is 5.26 Å². The summed E-state index contributed by atoms with van der Waals surface area (Å²) in [5, 5.41) is 14.4. The zero-order chi connectivity index (χ0) is 52.7. The van der Waals surface area contributed by atoms with Crippen molar-refractivity contribution in [2.45, 2.75) is 103 Å². The summed E-state index contributed by atoms with van der Waals surface area (Å²) in [5.41, 5.74) is 9.43. The summed E-state index contributed by atoms with van der Waals surface area (Å²) in [7, 11) is 0.374. The molecule has 7 aromatic carbocycles. The highest BCUT2D eigenvalue weighted by Crippen LogP contribution is 2.52. The number of allylic oxidation sites excluding steroid dienone is 4. The number of hydrogen-bond acceptors (Lipinski definition) is 7. The molecule has 75 heavy (non-hydrogen) atoms. The minimum atomic E-state index is -1.33. The fourth-order valence-corrected chi connectivity index (χ4v) is 13.5. The van der Waals surface area contributed by atoms with Crippen LogP contribution >= 0.6 is 8.53 Å². The summed E-state index contributed by atoms with van der Waals surface area (Å²) in [6, 6.07) is 59.0. The number of benzene rings is 7. The van der Waals surface area contributed by atoms with Crippen LogP contribution in [0.15, 0.2) is 182 Å². The fraction of sp³-hybridized carbons (Fsp3) is 0.333. The first-order valence-corrected chi connectivity index (χ1v) is 27.9. The van der Waals surface area contributed by atoms with Gasteiger partial charge in [0.05, 0.1) is 44.8 Å². The molecule has 0 saturated carbocycles. The third kappa shape index (κ3) is 10.6. The molecule has 0 aromatic heterocycles. The van der Waals surface area contributed by atoms with E-state index in [0.717, 1.165) is 48.4 Å². The average Bonchev–Trinajstić information content (AvgIpc) is 3.78. The van der Waals surface area contributed by atoms with Gasteiger partial charge in [-0.2, -0.15) is 9.84 Å². The Balaban J connectivity index is 1.06. The Labute approximate surface area is 447 Å². The van der Waals surface area contributed by atoms with E-state index in [1.54, 1.807) is 7.11 Å². The Kier molecular flexibility index (Phi) is 16.5. The lowest BCUT2D eigenvalue weighted by Crippen LogP contribution is -2.34. The number of fused-ring (bicyclic) bond motifs is 6. The van der Waals surface area contributed by atoms with Crippen LogP contribution in [0.25, 0.3) is 21.5 Å². The second kappa shape index (κ2) is 23.2. The van der Waals surface area contributed by atoms with Gasteiger partial charge in [-0.25, -0.2) is 4.67 Å². The van der Waals surface area contributed by atoms with E-state index >= 15 is 0 Å². The first-order chi connectivity index (χ1) is 36.3. The second-order valence-corrected chi connectivity index (χ2v) is 22.7. The number of nitrogens with zero attached hydrogens (tertiary/aromatic N) is 4. The molecule has 1 unspecified atom stereocenters. The lowest BCUT2D eigenvalue weighted by Gasteiger charge is -2.36. The predicted molar refractivity (Wildman–Crippen MR) is 310 cm³/mol. The third-order valence-corrected chi connectivity index (χ3v) is 17.2. The second-order valence-electron chi connectivity index (χ2n) is 21.3. The molecule has 2 aliphatic heterocycles. The van der Waals surface area contributed by atoms with Crippen LogP contribution in [0.3, 0.4) is 0 Å². The van der Waals surface area contributed by atoms with Crippen molar-refractivity contribution in [1.29, 1.82) is 5.26 Å². The van der Waals surface area contributed by atoms with Gasteiger partial charge >= 0.3 is 0 Å². The maximum Gasteiger partial charge on any atom is 0.259 e. The van der Waals surface area contributed by atoms with E-state index in [1.807, 2.05) is 12.1 Å². The highest BCUT2D eigenvalue weighted by molar-refractivity contribution is 7.44. The largest absolute Gasteiger partial charge is 0.497 e. The standard InChI is InChI=1S/C66H74N4O4P/c1-48(2)70(49(3)4)75(73-46-21-42-67)74-47-23-44-69-59-41-35-51-25-17-19-31-57(51)63(59)65(7,8)61(69)33-20-32-60-64(5,6)62-56-30-18-16-24-50(56)34-40-58(62)68(60)43-22-45-72-66(52-26-12-10-13-27-52,53-28-14-11-15-29-53)54-36-38-55(71-9)39-37-54/h10-20,24-41,48-49H,21-23,43-47H2,1-9H3/q+1. The molecule has 8 nitrogen and oxygen atoms in total. The number of methoxy groups -OCH3 is 1. The van der Waals surface area contributed by atoms with Crippen LogP contribution in [0.4, 0.5) is 11.4 Å². The van der Waals surface area contributed by atoms with E-state index in [0.29, 0.717) is 26.2 Å². The molecule has 9 heteroatoms. The zero-order valence-corrected chi connectivity index (χ0v) is 46.3. The minimum absolute atomic E-state index is 0.237. The van der Waals surface area contributed by atoms with Crippen molar-refractivity contribution >= 4 is 47.2 Å². The molecule has 0 fully saturated rings. The molecule has 386 valence electrons. The van der Waals surface area contributed by atoms with Crippen molar-refractivity contribution in [3.63, 3.8) is 0 Å². The van der Waals surface area contributed by atoms with Gasteiger partial charge < -0.3 is 23.4 Å². The van der Waals surface area contributed by atoms with Crippen LogP contribution in [-0.4, -0.2) is 67.1 Å². The molecule has 0 aliphatic carbocycles. The summed E-state index contributed by atoms with van der Waals surface area (Å²) >= 11 is 0. The first kappa shape index (κ1) is 53.4. The lowest BCUT2D eigenvalue weighted by molar-refractivity contribution is -0.438. The molecule has 1 atom stereocenters. The molecule has 2 aliphatic rings. The highest BCUT2D eigenvalue weighted by atomic mass is 31.2. The van der Waals surface area contributed by atoms with Gasteiger partial charge in [-0.1, -0.05) is 147 Å². The molecule has 2 heterocycles. The van der Waals surface area contributed by atoms with Gasteiger partial charge in [0.1, 0.15) is 11.4 Å². The number of hydrogen-bond donors (Lipinski definition) is 0. The van der Waals surface area contributed by atoms with Crippen molar-refractivity contribution in [2.24, 2.45) is 0 Å². The number of ether oxygens (including phenoxy) is 2. The van der Waals surface area contributed by atoms with E-state index in [1.165, 1.54) is 55.5 Å². The normalized spacial score (nSPS) is 16.0. The van der Waals surface area contributed by atoms with Gasteiger partial charge in [-0.15, -0.1) is 0 Å². The molecule has 0 bridgehead atoms. The highest BCUT2D eigenvalue weighted by Gasteiger charge is 2.46. The van der Waals surface area contributed by atoms with Gasteiger partial charge in [0.15, 0.2) is 12.3 Å². The average molecular weight is 1020 g/mol. The molecule has 0 saturated heterocycles. The topological polar surface area (TPSA) is 70.2 Å². The maximum absolute atomic E-state index is 9.30. The summed E-state index contributed by atoms with van der Waals surface area (Å²) in [4.78, 5) is 2.55. The fourth-order valence-electron chi connectivity index (χ4n) is 11.8. The third-order valence-electron chi connectivity index (χ3n) is 15.1. The summed E-state index contributed by atoms with van der Waals surface area (Å²) in [5.74, 6) is 0.806. The molecule has 9 rings (SSSR count). The molecule has 7 aromatic rings. The quantitative estimate of drug-likeness (QED) is 0.0290. The summed E-state index contributed by atoms with van der Waals surface area (Å²) in [6.45, 7) is 21.2. The molecule has 0 spiro atoms. The van der Waals surface area contributed by atoms with Crippen LogP contribution < -0.4 is 9.64 Å². The van der Waals surface area contributed by atoms with Crippen LogP contribution in [0.2, 0.25) is 0 Å².